The summed E-state index contributed by atoms with van der Waals surface area (Å²) in [6.07, 6.45) is 9.51. The summed E-state index contributed by atoms with van der Waals surface area (Å²) >= 11 is 0. The first-order chi connectivity index (χ1) is 19.2. The molecule has 1 unspecified atom stereocenters. The lowest BCUT2D eigenvalue weighted by molar-refractivity contribution is 0.459. The molecule has 0 radical (unpaired) electrons. The van der Waals surface area contributed by atoms with E-state index in [1.165, 1.54) is 17.5 Å². The van der Waals surface area contributed by atoms with Crippen LogP contribution in [0.25, 0.3) is 22.3 Å². The number of rotatable bonds is 7. The molecule has 1 aliphatic carbocycles. The summed E-state index contributed by atoms with van der Waals surface area (Å²) in [6, 6.07) is 14.6. The largest absolute Gasteiger partial charge is 0.324 e. The molecule has 3 fully saturated rings. The maximum absolute atomic E-state index is 13.8. The van der Waals surface area contributed by atoms with Crippen molar-refractivity contribution in [3.63, 3.8) is 0 Å². The Morgan fingerprint density at radius 1 is 0.846 bits per heavy atom. The van der Waals surface area contributed by atoms with Crippen molar-refractivity contribution in [2.75, 3.05) is 31.5 Å². The van der Waals surface area contributed by atoms with Crippen molar-refractivity contribution in [1.82, 2.24) is 30.2 Å². The molecule has 8 nitrogen and oxygen atoms in total. The minimum absolute atomic E-state index is 0.0318. The highest BCUT2D eigenvalue weighted by molar-refractivity contribution is 5.81. The van der Waals surface area contributed by atoms with Crippen LogP contribution in [-0.4, -0.2) is 45.7 Å². The maximum atomic E-state index is 13.8. The van der Waals surface area contributed by atoms with Crippen LogP contribution in [0.1, 0.15) is 55.1 Å². The van der Waals surface area contributed by atoms with Crippen molar-refractivity contribution in [3.05, 3.63) is 76.3 Å². The minimum Gasteiger partial charge on any atom is -0.324 e. The van der Waals surface area contributed by atoms with Crippen LogP contribution >= 0.6 is 0 Å². The lowest BCUT2D eigenvalue weighted by Gasteiger charge is -2.22. The van der Waals surface area contributed by atoms with Crippen molar-refractivity contribution in [2.24, 2.45) is 5.92 Å². The van der Waals surface area contributed by atoms with Gasteiger partial charge in [-0.1, -0.05) is 18.2 Å². The van der Waals surface area contributed by atoms with Crippen LogP contribution in [-0.2, 0) is 6.54 Å². The third-order valence-electron chi connectivity index (χ3n) is 8.54. The number of hydrogen-bond acceptors (Lipinski definition) is 7. The van der Waals surface area contributed by atoms with Gasteiger partial charge in [-0.15, -0.1) is 0 Å². The predicted molar refractivity (Wildman–Crippen MR) is 155 cm³/mol. The van der Waals surface area contributed by atoms with Gasteiger partial charge in [-0.05, 0) is 105 Å². The zero-order chi connectivity index (χ0) is 26.2. The molecule has 2 aliphatic heterocycles. The van der Waals surface area contributed by atoms with E-state index in [2.05, 4.69) is 51.3 Å². The first-order valence-electron chi connectivity index (χ1n) is 14.4. The third-order valence-corrected chi connectivity index (χ3v) is 8.54. The van der Waals surface area contributed by atoms with Crippen molar-refractivity contribution in [3.8, 4) is 11.3 Å². The first kappa shape index (κ1) is 24.4. The van der Waals surface area contributed by atoms with Crippen LogP contribution in [0.5, 0.6) is 0 Å². The highest BCUT2D eigenvalue weighted by Gasteiger charge is 2.25. The molecule has 0 bridgehead atoms. The Balaban J connectivity index is 1.19. The van der Waals surface area contributed by atoms with Gasteiger partial charge < -0.3 is 16.0 Å². The molecule has 200 valence electrons. The summed E-state index contributed by atoms with van der Waals surface area (Å²) in [5.74, 6) is 2.14. The van der Waals surface area contributed by atoms with Crippen LogP contribution in [0, 0.1) is 5.92 Å². The van der Waals surface area contributed by atoms with Crippen LogP contribution in [0.2, 0.25) is 0 Å². The number of aromatic nitrogens is 4. The van der Waals surface area contributed by atoms with Gasteiger partial charge in [0.25, 0.3) is 5.56 Å². The summed E-state index contributed by atoms with van der Waals surface area (Å²) in [6.45, 7) is 4.89. The minimum atomic E-state index is -0.0318. The van der Waals surface area contributed by atoms with Crippen molar-refractivity contribution < 1.29 is 0 Å². The summed E-state index contributed by atoms with van der Waals surface area (Å²) < 4.78 is 1.84. The fraction of sp³-hybridized carbons (Fsp3) is 0.419. The van der Waals surface area contributed by atoms with Gasteiger partial charge in [0, 0.05) is 36.6 Å². The molecule has 4 aromatic rings. The van der Waals surface area contributed by atoms with E-state index in [-0.39, 0.29) is 5.56 Å². The number of nitrogens with one attached hydrogen (secondary N) is 3. The Bertz CT molecular complexity index is 1510. The van der Waals surface area contributed by atoms with Crippen LogP contribution in [0.4, 0.5) is 11.6 Å². The van der Waals surface area contributed by atoms with Gasteiger partial charge >= 0.3 is 0 Å². The fourth-order valence-corrected chi connectivity index (χ4v) is 6.00. The molecule has 0 spiro atoms. The zero-order valence-electron chi connectivity index (χ0n) is 22.2. The van der Waals surface area contributed by atoms with E-state index in [1.807, 2.05) is 29.1 Å². The van der Waals surface area contributed by atoms with E-state index in [1.54, 1.807) is 0 Å². The smallest absolute Gasteiger partial charge is 0.261 e. The number of anilines is 2. The SMILES string of the molecule is O=c1c(-c2ccc(C3CCNCC3)cn2)cc2cnc(Nc3ccc(C4CCNC4)cc3)nc2n1CC1CC1. The van der Waals surface area contributed by atoms with Gasteiger partial charge in [0.1, 0.15) is 5.65 Å². The molecular formula is C31H35N7O. The van der Waals surface area contributed by atoms with Crippen LogP contribution < -0.4 is 21.5 Å². The van der Waals surface area contributed by atoms with E-state index in [4.69, 9.17) is 9.97 Å². The van der Waals surface area contributed by atoms with Crippen LogP contribution in [0.15, 0.2) is 59.7 Å². The van der Waals surface area contributed by atoms with E-state index in [0.717, 1.165) is 62.9 Å². The van der Waals surface area contributed by atoms with Gasteiger partial charge in [-0.2, -0.15) is 4.98 Å². The molecule has 1 atom stereocenters. The molecule has 8 heteroatoms. The van der Waals surface area contributed by atoms with Gasteiger partial charge in [-0.25, -0.2) is 4.98 Å². The molecule has 7 rings (SSSR count). The summed E-state index contributed by atoms with van der Waals surface area (Å²) in [7, 11) is 0. The van der Waals surface area contributed by atoms with E-state index >= 15 is 0 Å². The van der Waals surface area contributed by atoms with Crippen LogP contribution in [0.3, 0.4) is 0 Å². The molecular weight excluding hydrogens is 486 g/mol. The van der Waals surface area contributed by atoms with Crippen molar-refractivity contribution in [2.45, 2.75) is 50.5 Å². The average Bonchev–Trinajstić information content (AvgIpc) is 3.64. The molecule has 2 saturated heterocycles. The average molecular weight is 522 g/mol. The molecule has 3 aliphatic rings. The number of piperidine rings is 1. The van der Waals surface area contributed by atoms with Crippen molar-refractivity contribution >= 4 is 22.7 Å². The standard InChI is InChI=1S/C31H35N7O/c39-30-27(28-8-5-23(17-34-28)22-9-12-32-13-10-22)15-25-18-35-31(37-29(25)38(30)19-20-1-2-20)36-26-6-3-21(4-7-26)24-11-14-33-16-24/h3-8,15,17-18,20,22,24,32-33H,1-2,9-14,16,19H2,(H,35,36,37). The van der Waals surface area contributed by atoms with E-state index < -0.39 is 0 Å². The van der Waals surface area contributed by atoms with Gasteiger partial charge in [0.2, 0.25) is 5.95 Å². The van der Waals surface area contributed by atoms with Crippen molar-refractivity contribution in [1.29, 1.82) is 0 Å². The second-order valence-electron chi connectivity index (χ2n) is 11.3. The Morgan fingerprint density at radius 3 is 2.33 bits per heavy atom. The molecule has 5 heterocycles. The second kappa shape index (κ2) is 10.5. The Morgan fingerprint density at radius 2 is 1.62 bits per heavy atom. The Hall–Kier alpha value is -3.62. The quantitative estimate of drug-likeness (QED) is 0.328. The molecule has 3 aromatic heterocycles. The number of nitrogens with zero attached hydrogens (tertiary/aromatic N) is 4. The van der Waals surface area contributed by atoms with Gasteiger partial charge in [0.15, 0.2) is 0 Å². The second-order valence-corrected chi connectivity index (χ2v) is 11.3. The number of benzene rings is 1. The Kier molecular flexibility index (Phi) is 6.58. The van der Waals surface area contributed by atoms with Gasteiger partial charge in [-0.3, -0.25) is 14.3 Å². The molecule has 39 heavy (non-hydrogen) atoms. The fourth-order valence-electron chi connectivity index (χ4n) is 6.00. The normalized spacial score (nSPS) is 19.9. The lowest BCUT2D eigenvalue weighted by Crippen LogP contribution is -2.26. The molecule has 1 aromatic carbocycles. The third kappa shape index (κ3) is 5.18. The lowest BCUT2D eigenvalue weighted by atomic mass is 9.91. The van der Waals surface area contributed by atoms with E-state index in [0.29, 0.717) is 47.2 Å². The maximum Gasteiger partial charge on any atom is 0.261 e. The zero-order valence-corrected chi connectivity index (χ0v) is 22.2. The topological polar surface area (TPSA) is 96.8 Å². The Labute approximate surface area is 228 Å². The predicted octanol–water partition coefficient (Wildman–Crippen LogP) is 4.55. The first-order valence-corrected chi connectivity index (χ1v) is 14.4. The molecule has 3 N–H and O–H groups in total. The molecule has 0 amide bonds. The van der Waals surface area contributed by atoms with Gasteiger partial charge in [0.05, 0.1) is 11.3 Å². The number of hydrogen-bond donors (Lipinski definition) is 3. The number of fused-ring (bicyclic) bond motifs is 1. The highest BCUT2D eigenvalue weighted by Crippen LogP contribution is 2.32. The summed E-state index contributed by atoms with van der Waals surface area (Å²) in [4.78, 5) is 28.0. The highest BCUT2D eigenvalue weighted by atomic mass is 16.1. The van der Waals surface area contributed by atoms with E-state index in [9.17, 15) is 4.79 Å². The molecule has 1 saturated carbocycles. The monoisotopic (exact) mass is 521 g/mol. The summed E-state index contributed by atoms with van der Waals surface area (Å²) in [5, 5.41) is 11.0. The summed E-state index contributed by atoms with van der Waals surface area (Å²) in [5.41, 5.74) is 5.52. The number of pyridine rings is 2.